The first-order valence-electron chi connectivity index (χ1n) is 6.68. The van der Waals surface area contributed by atoms with Gasteiger partial charge < -0.3 is 15.0 Å². The van der Waals surface area contributed by atoms with Gasteiger partial charge in [-0.3, -0.25) is 9.00 Å². The van der Waals surface area contributed by atoms with Crippen LogP contribution in [0.15, 0.2) is 52.3 Å². The van der Waals surface area contributed by atoms with Crippen molar-refractivity contribution < 1.29 is 8.95 Å². The van der Waals surface area contributed by atoms with Crippen molar-refractivity contribution in [1.82, 2.24) is 4.57 Å². The van der Waals surface area contributed by atoms with Crippen LogP contribution in [0.1, 0.15) is 6.92 Å². The fourth-order valence-corrected chi connectivity index (χ4v) is 3.07. The van der Waals surface area contributed by atoms with Crippen molar-refractivity contribution in [3.63, 3.8) is 0 Å². The maximum atomic E-state index is 12.4. The summed E-state index contributed by atoms with van der Waals surface area (Å²) in [5, 5.41) is 0. The highest BCUT2D eigenvalue weighted by atomic mass is 32.2. The number of ether oxygens (including phenoxy) is 1. The second kappa shape index (κ2) is 7.08. The van der Waals surface area contributed by atoms with E-state index in [0.717, 1.165) is 0 Å². The highest BCUT2D eigenvalue weighted by Crippen LogP contribution is 2.23. The zero-order chi connectivity index (χ0) is 15.2. The average Bonchev–Trinajstić information content (AvgIpc) is 2.48. The van der Waals surface area contributed by atoms with E-state index >= 15 is 0 Å². The normalized spacial score (nSPS) is 12.0. The summed E-state index contributed by atoms with van der Waals surface area (Å²) in [7, 11) is -1.28. The van der Waals surface area contributed by atoms with E-state index in [-0.39, 0.29) is 5.56 Å². The van der Waals surface area contributed by atoms with Gasteiger partial charge in [-0.1, -0.05) is 6.07 Å². The van der Waals surface area contributed by atoms with Crippen LogP contribution in [0.4, 0.5) is 5.69 Å². The molecule has 0 aliphatic rings. The Hall–Kier alpha value is -2.08. The molecule has 0 amide bonds. The van der Waals surface area contributed by atoms with Gasteiger partial charge in [-0.15, -0.1) is 0 Å². The van der Waals surface area contributed by atoms with Crippen LogP contribution >= 0.6 is 0 Å². The Morgan fingerprint density at radius 2 is 2.10 bits per heavy atom. The number of rotatable bonds is 6. The third-order valence-corrected chi connectivity index (χ3v) is 4.36. The number of nitrogen functional groups attached to an aromatic ring is 1. The lowest BCUT2D eigenvalue weighted by Gasteiger charge is -2.10. The number of hydrogen-bond acceptors (Lipinski definition) is 4. The molecule has 112 valence electrons. The fraction of sp³-hybridized carbons (Fsp3) is 0.267. The number of benzene rings is 1. The summed E-state index contributed by atoms with van der Waals surface area (Å²) >= 11 is 0. The molecule has 1 heterocycles. The first-order chi connectivity index (χ1) is 10.1. The summed E-state index contributed by atoms with van der Waals surface area (Å²) in [5.41, 5.74) is 6.23. The van der Waals surface area contributed by atoms with E-state index in [0.29, 0.717) is 35.2 Å². The van der Waals surface area contributed by atoms with Gasteiger partial charge >= 0.3 is 0 Å². The molecule has 1 aromatic heterocycles. The zero-order valence-corrected chi connectivity index (χ0v) is 12.6. The van der Waals surface area contributed by atoms with Crippen molar-refractivity contribution >= 4 is 16.5 Å². The Labute approximate surface area is 125 Å². The van der Waals surface area contributed by atoms with E-state index in [9.17, 15) is 9.00 Å². The zero-order valence-electron chi connectivity index (χ0n) is 11.8. The smallest absolute Gasteiger partial charge is 0.250 e. The average molecular weight is 306 g/mol. The monoisotopic (exact) mass is 306 g/mol. The lowest BCUT2D eigenvalue weighted by Crippen LogP contribution is -2.21. The van der Waals surface area contributed by atoms with Gasteiger partial charge in [0.2, 0.25) is 0 Å². The molecule has 1 unspecified atom stereocenters. The quantitative estimate of drug-likeness (QED) is 0.823. The molecule has 2 N–H and O–H groups in total. The fourth-order valence-electron chi connectivity index (χ4n) is 1.90. The van der Waals surface area contributed by atoms with Gasteiger partial charge in [-0.25, -0.2) is 0 Å². The van der Waals surface area contributed by atoms with Crippen LogP contribution in [0.2, 0.25) is 0 Å². The van der Waals surface area contributed by atoms with Gasteiger partial charge in [0.1, 0.15) is 5.75 Å². The molecule has 1 atom stereocenters. The van der Waals surface area contributed by atoms with Gasteiger partial charge in [-0.05, 0) is 31.2 Å². The molecular formula is C15H18N2O3S. The first-order valence-corrected chi connectivity index (χ1v) is 8.00. The van der Waals surface area contributed by atoms with Crippen molar-refractivity contribution in [3.8, 4) is 5.75 Å². The Kier molecular flexibility index (Phi) is 5.16. The molecule has 2 aromatic rings. The number of aromatic nitrogens is 1. The van der Waals surface area contributed by atoms with Gasteiger partial charge in [0.15, 0.2) is 0 Å². The maximum absolute atomic E-state index is 12.4. The van der Waals surface area contributed by atoms with Gasteiger partial charge in [0.25, 0.3) is 5.56 Å². The predicted molar refractivity (Wildman–Crippen MR) is 84.0 cm³/mol. The van der Waals surface area contributed by atoms with Gasteiger partial charge in [-0.2, -0.15) is 0 Å². The Morgan fingerprint density at radius 1 is 1.29 bits per heavy atom. The van der Waals surface area contributed by atoms with Gasteiger partial charge in [0, 0.05) is 30.2 Å². The Morgan fingerprint density at radius 3 is 2.81 bits per heavy atom. The largest absolute Gasteiger partial charge is 0.494 e. The minimum Gasteiger partial charge on any atom is -0.494 e. The molecule has 21 heavy (non-hydrogen) atoms. The third-order valence-electron chi connectivity index (χ3n) is 2.96. The third kappa shape index (κ3) is 3.95. The second-order valence-corrected chi connectivity index (χ2v) is 5.95. The highest BCUT2D eigenvalue weighted by molar-refractivity contribution is 7.85. The van der Waals surface area contributed by atoms with Crippen molar-refractivity contribution in [1.29, 1.82) is 0 Å². The van der Waals surface area contributed by atoms with Crippen LogP contribution < -0.4 is 16.0 Å². The molecule has 5 nitrogen and oxygen atoms in total. The Bertz CT molecular complexity index is 697. The molecule has 2 rings (SSSR count). The number of nitrogens with two attached hydrogens (primary N) is 1. The molecule has 0 radical (unpaired) electrons. The number of pyridine rings is 1. The summed E-state index contributed by atoms with van der Waals surface area (Å²) < 4.78 is 19.3. The standard InChI is InChI=1S/C15H18N2O3S/c1-2-20-12-6-7-13(16)14(11-12)21(19)10-9-17-8-4-3-5-15(17)18/h3-8,11H,2,9-10,16H2,1H3. The number of anilines is 1. The van der Waals surface area contributed by atoms with E-state index < -0.39 is 10.8 Å². The minimum atomic E-state index is -1.28. The molecule has 0 saturated carbocycles. The number of aryl methyl sites for hydroxylation is 1. The summed E-state index contributed by atoms with van der Waals surface area (Å²) in [6, 6.07) is 10.1. The molecule has 0 aliphatic carbocycles. The van der Waals surface area contributed by atoms with Crippen molar-refractivity contribution in [2.24, 2.45) is 0 Å². The van der Waals surface area contributed by atoms with Crippen molar-refractivity contribution in [3.05, 3.63) is 52.9 Å². The summed E-state index contributed by atoms with van der Waals surface area (Å²) in [6.07, 6.45) is 1.68. The summed E-state index contributed by atoms with van der Waals surface area (Å²) in [4.78, 5) is 12.1. The van der Waals surface area contributed by atoms with Crippen molar-refractivity contribution in [2.75, 3.05) is 18.1 Å². The molecule has 1 aromatic carbocycles. The Balaban J connectivity index is 2.11. The second-order valence-electron chi connectivity index (χ2n) is 4.41. The van der Waals surface area contributed by atoms with E-state index in [1.807, 2.05) is 6.92 Å². The summed E-state index contributed by atoms with van der Waals surface area (Å²) in [6.45, 7) is 2.80. The van der Waals surface area contributed by atoms with Crippen LogP contribution in [0.3, 0.4) is 0 Å². The van der Waals surface area contributed by atoms with Crippen LogP contribution in [0.5, 0.6) is 5.75 Å². The van der Waals surface area contributed by atoms with E-state index in [1.165, 1.54) is 10.6 Å². The predicted octanol–water partition coefficient (Wildman–Crippen LogP) is 1.64. The van der Waals surface area contributed by atoms with Gasteiger partial charge in [0.05, 0.1) is 22.3 Å². The molecule has 0 bridgehead atoms. The first kappa shape index (κ1) is 15.3. The molecule has 6 heteroatoms. The topological polar surface area (TPSA) is 74.3 Å². The lowest BCUT2D eigenvalue weighted by atomic mass is 10.3. The minimum absolute atomic E-state index is 0.106. The summed E-state index contributed by atoms with van der Waals surface area (Å²) in [5.74, 6) is 0.968. The number of nitrogens with zero attached hydrogens (tertiary/aromatic N) is 1. The molecule has 0 saturated heterocycles. The molecule has 0 aliphatic heterocycles. The van der Waals surface area contributed by atoms with Crippen LogP contribution in [-0.2, 0) is 17.3 Å². The van der Waals surface area contributed by atoms with Crippen LogP contribution in [0.25, 0.3) is 0 Å². The van der Waals surface area contributed by atoms with Crippen LogP contribution in [-0.4, -0.2) is 21.1 Å². The van der Waals surface area contributed by atoms with E-state index in [4.69, 9.17) is 10.5 Å². The molecule has 0 fully saturated rings. The van der Waals surface area contributed by atoms with Crippen LogP contribution in [0, 0.1) is 0 Å². The van der Waals surface area contributed by atoms with Crippen molar-refractivity contribution in [2.45, 2.75) is 18.4 Å². The van der Waals surface area contributed by atoms with E-state index in [1.54, 1.807) is 36.5 Å². The lowest BCUT2D eigenvalue weighted by molar-refractivity contribution is 0.339. The SMILES string of the molecule is CCOc1ccc(N)c(S(=O)CCn2ccccc2=O)c1. The van der Waals surface area contributed by atoms with E-state index in [2.05, 4.69) is 0 Å². The highest BCUT2D eigenvalue weighted by Gasteiger charge is 2.10. The number of hydrogen-bond donors (Lipinski definition) is 1. The molecule has 0 spiro atoms. The molecular weight excluding hydrogens is 288 g/mol. The maximum Gasteiger partial charge on any atom is 0.250 e.